The second-order valence-corrected chi connectivity index (χ2v) is 5.18. The summed E-state index contributed by atoms with van der Waals surface area (Å²) in [5.41, 5.74) is 0.882. The zero-order valence-corrected chi connectivity index (χ0v) is 8.89. The lowest BCUT2D eigenvalue weighted by atomic mass is 10.1. The highest BCUT2D eigenvalue weighted by Crippen LogP contribution is 2.65. The van der Waals surface area contributed by atoms with Crippen LogP contribution in [0.1, 0.15) is 26.7 Å². The van der Waals surface area contributed by atoms with Crippen molar-refractivity contribution in [3.8, 4) is 11.8 Å². The van der Waals surface area contributed by atoms with E-state index in [0.29, 0.717) is 0 Å². The van der Waals surface area contributed by atoms with E-state index in [1.54, 1.807) is 0 Å². The molecule has 0 nitrogen and oxygen atoms in total. The summed E-state index contributed by atoms with van der Waals surface area (Å²) in [6.45, 7) is 7.63. The quantitative estimate of drug-likeness (QED) is 0.451. The summed E-state index contributed by atoms with van der Waals surface area (Å²) in [6.07, 6.45) is 1.60. The van der Waals surface area contributed by atoms with E-state index in [-0.39, 0.29) is 5.41 Å². The molecule has 66 valence electrons. The van der Waals surface area contributed by atoms with Gasteiger partial charge in [-0.25, -0.2) is 0 Å². The van der Waals surface area contributed by atoms with Crippen molar-refractivity contribution in [3.05, 3.63) is 12.2 Å². The van der Waals surface area contributed by atoms with Crippen LogP contribution in [0.25, 0.3) is 0 Å². The maximum atomic E-state index is 5.94. The van der Waals surface area contributed by atoms with E-state index in [1.807, 2.05) is 6.92 Å². The van der Waals surface area contributed by atoms with Gasteiger partial charge in [-0.15, -0.1) is 23.2 Å². The standard InChI is InChI=1S/C10H12Cl2/c1-8(2)5-4-6-9(3)7-10(9,11)12/h1,6-7H2,2-3H3/t9-/m1/s1. The van der Waals surface area contributed by atoms with Gasteiger partial charge in [-0.1, -0.05) is 25.3 Å². The molecular formula is C10H12Cl2. The number of rotatable bonds is 1. The van der Waals surface area contributed by atoms with E-state index in [1.165, 1.54) is 0 Å². The minimum atomic E-state index is -0.545. The Bertz CT molecular complexity index is 267. The monoisotopic (exact) mass is 202 g/mol. The van der Waals surface area contributed by atoms with Crippen LogP contribution in [-0.4, -0.2) is 4.33 Å². The van der Waals surface area contributed by atoms with Gasteiger partial charge in [0.2, 0.25) is 0 Å². The molecule has 1 aliphatic rings. The minimum absolute atomic E-state index is 0.00143. The molecule has 0 radical (unpaired) electrons. The third-order valence-electron chi connectivity index (χ3n) is 2.15. The molecule has 0 amide bonds. The van der Waals surface area contributed by atoms with E-state index in [9.17, 15) is 0 Å². The average molecular weight is 203 g/mol. The molecule has 1 atom stereocenters. The Morgan fingerprint density at radius 2 is 2.08 bits per heavy atom. The minimum Gasteiger partial charge on any atom is -0.101 e. The van der Waals surface area contributed by atoms with Gasteiger partial charge in [0, 0.05) is 11.8 Å². The first kappa shape index (κ1) is 9.96. The number of halogens is 2. The molecule has 0 aromatic rings. The Balaban J connectivity index is 2.47. The van der Waals surface area contributed by atoms with E-state index < -0.39 is 4.33 Å². The lowest BCUT2D eigenvalue weighted by Gasteiger charge is -2.05. The first-order valence-corrected chi connectivity index (χ1v) is 4.65. The van der Waals surface area contributed by atoms with Crippen molar-refractivity contribution in [1.29, 1.82) is 0 Å². The van der Waals surface area contributed by atoms with E-state index >= 15 is 0 Å². The van der Waals surface area contributed by atoms with Gasteiger partial charge in [0.05, 0.1) is 0 Å². The van der Waals surface area contributed by atoms with Crippen LogP contribution in [0.4, 0.5) is 0 Å². The summed E-state index contributed by atoms with van der Waals surface area (Å²) in [4.78, 5) is 0. The van der Waals surface area contributed by atoms with Gasteiger partial charge in [0.1, 0.15) is 4.33 Å². The van der Waals surface area contributed by atoms with Crippen molar-refractivity contribution >= 4 is 23.2 Å². The van der Waals surface area contributed by atoms with Crippen LogP contribution in [0.5, 0.6) is 0 Å². The lowest BCUT2D eigenvalue weighted by molar-refractivity contribution is 0.585. The van der Waals surface area contributed by atoms with Crippen LogP contribution in [0.2, 0.25) is 0 Å². The summed E-state index contributed by atoms with van der Waals surface area (Å²) in [6, 6.07) is 0. The fourth-order valence-corrected chi connectivity index (χ4v) is 1.75. The molecule has 12 heavy (non-hydrogen) atoms. The second-order valence-electron chi connectivity index (χ2n) is 3.70. The van der Waals surface area contributed by atoms with Crippen molar-refractivity contribution in [2.24, 2.45) is 5.41 Å². The molecule has 0 heterocycles. The van der Waals surface area contributed by atoms with Crippen LogP contribution in [-0.2, 0) is 0 Å². The Hall–Kier alpha value is -0.120. The molecule has 1 rings (SSSR count). The summed E-state index contributed by atoms with van der Waals surface area (Å²) >= 11 is 11.9. The maximum absolute atomic E-state index is 5.94. The first-order valence-electron chi connectivity index (χ1n) is 3.90. The third kappa shape index (κ3) is 1.97. The van der Waals surface area contributed by atoms with Gasteiger partial charge < -0.3 is 0 Å². The molecule has 2 heteroatoms. The summed E-state index contributed by atoms with van der Waals surface area (Å²) in [5, 5.41) is 0. The van der Waals surface area contributed by atoms with Crippen molar-refractivity contribution in [2.75, 3.05) is 0 Å². The zero-order valence-electron chi connectivity index (χ0n) is 7.38. The predicted molar refractivity (Wildman–Crippen MR) is 54.4 cm³/mol. The average Bonchev–Trinajstić information content (AvgIpc) is 2.30. The Labute approximate surface area is 83.9 Å². The number of allylic oxidation sites excluding steroid dienone is 1. The normalized spacial score (nSPS) is 30.3. The molecule has 0 bridgehead atoms. The van der Waals surface area contributed by atoms with Gasteiger partial charge in [0.25, 0.3) is 0 Å². The smallest absolute Gasteiger partial charge is 0.101 e. The van der Waals surface area contributed by atoms with Gasteiger partial charge in [-0.2, -0.15) is 0 Å². The number of hydrogen-bond donors (Lipinski definition) is 0. The second kappa shape index (κ2) is 2.98. The van der Waals surface area contributed by atoms with E-state index in [4.69, 9.17) is 23.2 Å². The highest BCUT2D eigenvalue weighted by molar-refractivity contribution is 6.51. The summed E-state index contributed by atoms with van der Waals surface area (Å²) in [5.74, 6) is 5.94. The Kier molecular flexibility index (Phi) is 2.47. The number of hydrogen-bond acceptors (Lipinski definition) is 0. The molecule has 1 aliphatic carbocycles. The maximum Gasteiger partial charge on any atom is 0.125 e. The van der Waals surface area contributed by atoms with Crippen LogP contribution in [0.3, 0.4) is 0 Å². The highest BCUT2D eigenvalue weighted by atomic mass is 35.5. The summed E-state index contributed by atoms with van der Waals surface area (Å²) < 4.78 is -0.545. The SMILES string of the molecule is C=C(C)C#CC[C@]1(C)CC1(Cl)Cl. The fraction of sp³-hybridized carbons (Fsp3) is 0.600. The van der Waals surface area contributed by atoms with Crippen LogP contribution < -0.4 is 0 Å². The summed E-state index contributed by atoms with van der Waals surface area (Å²) in [7, 11) is 0. The van der Waals surface area contributed by atoms with Gasteiger partial charge in [-0.05, 0) is 18.9 Å². The largest absolute Gasteiger partial charge is 0.125 e. The molecule has 0 aliphatic heterocycles. The van der Waals surface area contributed by atoms with E-state index in [2.05, 4.69) is 25.3 Å². The molecule has 0 N–H and O–H groups in total. The lowest BCUT2D eigenvalue weighted by Crippen LogP contribution is -2.02. The Morgan fingerprint density at radius 3 is 2.42 bits per heavy atom. The molecular weight excluding hydrogens is 191 g/mol. The van der Waals surface area contributed by atoms with Gasteiger partial charge in [-0.3, -0.25) is 0 Å². The predicted octanol–water partition coefficient (Wildman–Crippen LogP) is 3.54. The fourth-order valence-electron chi connectivity index (χ4n) is 1.03. The third-order valence-corrected chi connectivity index (χ3v) is 3.33. The van der Waals surface area contributed by atoms with Gasteiger partial charge in [0.15, 0.2) is 0 Å². The molecule has 0 aromatic heterocycles. The molecule has 1 saturated carbocycles. The highest BCUT2D eigenvalue weighted by Gasteiger charge is 2.62. The van der Waals surface area contributed by atoms with Crippen LogP contribution >= 0.6 is 23.2 Å². The van der Waals surface area contributed by atoms with Crippen molar-refractivity contribution < 1.29 is 0 Å². The number of alkyl halides is 2. The topological polar surface area (TPSA) is 0 Å². The molecule has 0 spiro atoms. The molecule has 0 saturated heterocycles. The first-order chi connectivity index (χ1) is 5.37. The van der Waals surface area contributed by atoms with Crippen molar-refractivity contribution in [1.82, 2.24) is 0 Å². The molecule has 0 aromatic carbocycles. The molecule has 1 fully saturated rings. The van der Waals surface area contributed by atoms with Crippen molar-refractivity contribution in [3.63, 3.8) is 0 Å². The zero-order chi connectivity index (χ0) is 9.41. The van der Waals surface area contributed by atoms with Gasteiger partial charge >= 0.3 is 0 Å². The van der Waals surface area contributed by atoms with Crippen molar-refractivity contribution in [2.45, 2.75) is 31.0 Å². The van der Waals surface area contributed by atoms with Crippen LogP contribution in [0, 0.1) is 17.3 Å². The van der Waals surface area contributed by atoms with Crippen LogP contribution in [0.15, 0.2) is 12.2 Å². The Morgan fingerprint density at radius 1 is 1.58 bits per heavy atom. The molecule has 0 unspecified atom stereocenters. The van der Waals surface area contributed by atoms with E-state index in [0.717, 1.165) is 18.4 Å².